The van der Waals surface area contributed by atoms with E-state index in [1.54, 1.807) is 0 Å². The standard InChI is InChI=1S/C11H13NO2/c13-6-1-7-14-10-3-2-9-4-5-12-11(9)8-10/h2-5,8,12-13H,1,6-7H2. The molecule has 0 saturated heterocycles. The average molecular weight is 191 g/mol. The summed E-state index contributed by atoms with van der Waals surface area (Å²) in [4.78, 5) is 3.12. The number of nitrogens with one attached hydrogen (secondary N) is 1. The van der Waals surface area contributed by atoms with Crippen LogP contribution in [0.2, 0.25) is 0 Å². The summed E-state index contributed by atoms with van der Waals surface area (Å²) in [6, 6.07) is 7.94. The topological polar surface area (TPSA) is 45.2 Å². The van der Waals surface area contributed by atoms with Gasteiger partial charge in [0.05, 0.1) is 6.61 Å². The molecule has 0 spiro atoms. The predicted molar refractivity (Wildman–Crippen MR) is 55.5 cm³/mol. The molecule has 0 amide bonds. The number of aromatic amines is 1. The smallest absolute Gasteiger partial charge is 0.121 e. The van der Waals surface area contributed by atoms with E-state index >= 15 is 0 Å². The lowest BCUT2D eigenvalue weighted by Crippen LogP contribution is -1.99. The third-order valence-electron chi connectivity index (χ3n) is 2.10. The van der Waals surface area contributed by atoms with Crippen LogP contribution in [0.4, 0.5) is 0 Å². The van der Waals surface area contributed by atoms with E-state index < -0.39 is 0 Å². The van der Waals surface area contributed by atoms with Gasteiger partial charge in [-0.15, -0.1) is 0 Å². The molecule has 2 N–H and O–H groups in total. The highest BCUT2D eigenvalue weighted by Gasteiger charge is 1.97. The minimum Gasteiger partial charge on any atom is -0.493 e. The van der Waals surface area contributed by atoms with Crippen molar-refractivity contribution in [2.75, 3.05) is 13.2 Å². The van der Waals surface area contributed by atoms with Crippen LogP contribution in [0.5, 0.6) is 5.75 Å². The molecule has 1 aromatic heterocycles. The lowest BCUT2D eigenvalue weighted by Gasteiger charge is -2.04. The monoisotopic (exact) mass is 191 g/mol. The van der Waals surface area contributed by atoms with Gasteiger partial charge in [0.1, 0.15) is 5.75 Å². The Kier molecular flexibility index (Phi) is 2.70. The van der Waals surface area contributed by atoms with Crippen molar-refractivity contribution in [2.24, 2.45) is 0 Å². The van der Waals surface area contributed by atoms with Gasteiger partial charge in [-0.25, -0.2) is 0 Å². The zero-order chi connectivity index (χ0) is 9.80. The summed E-state index contributed by atoms with van der Waals surface area (Å²) in [5.74, 6) is 0.841. The van der Waals surface area contributed by atoms with E-state index in [2.05, 4.69) is 4.98 Å². The summed E-state index contributed by atoms with van der Waals surface area (Å²) >= 11 is 0. The molecule has 3 nitrogen and oxygen atoms in total. The molecule has 14 heavy (non-hydrogen) atoms. The molecule has 0 bridgehead atoms. The highest BCUT2D eigenvalue weighted by Crippen LogP contribution is 2.19. The van der Waals surface area contributed by atoms with Crippen LogP contribution in [0.25, 0.3) is 10.9 Å². The zero-order valence-electron chi connectivity index (χ0n) is 7.86. The summed E-state index contributed by atoms with van der Waals surface area (Å²) in [6.45, 7) is 0.730. The molecule has 0 aliphatic rings. The second-order valence-corrected chi connectivity index (χ2v) is 3.15. The van der Waals surface area contributed by atoms with Gasteiger partial charge in [-0.05, 0) is 23.6 Å². The van der Waals surface area contributed by atoms with Gasteiger partial charge in [-0.2, -0.15) is 0 Å². The third-order valence-corrected chi connectivity index (χ3v) is 2.10. The van der Waals surface area contributed by atoms with E-state index in [-0.39, 0.29) is 6.61 Å². The van der Waals surface area contributed by atoms with E-state index in [0.717, 1.165) is 11.3 Å². The maximum Gasteiger partial charge on any atom is 0.121 e. The summed E-state index contributed by atoms with van der Waals surface area (Å²) in [6.07, 6.45) is 2.57. The summed E-state index contributed by atoms with van der Waals surface area (Å²) in [7, 11) is 0. The normalized spacial score (nSPS) is 10.6. The molecule has 3 heteroatoms. The predicted octanol–water partition coefficient (Wildman–Crippen LogP) is 1.93. The van der Waals surface area contributed by atoms with Crippen LogP contribution >= 0.6 is 0 Å². The second-order valence-electron chi connectivity index (χ2n) is 3.15. The minimum atomic E-state index is 0.171. The minimum absolute atomic E-state index is 0.171. The van der Waals surface area contributed by atoms with E-state index in [1.807, 2.05) is 30.5 Å². The molecule has 0 radical (unpaired) electrons. The number of aromatic nitrogens is 1. The van der Waals surface area contributed by atoms with Crippen LogP contribution in [-0.2, 0) is 0 Å². The number of hydrogen-bond donors (Lipinski definition) is 2. The maximum atomic E-state index is 8.60. The van der Waals surface area contributed by atoms with Crippen molar-refractivity contribution >= 4 is 10.9 Å². The molecule has 0 unspecified atom stereocenters. The van der Waals surface area contributed by atoms with Gasteiger partial charge in [-0.3, -0.25) is 0 Å². The van der Waals surface area contributed by atoms with Crippen LogP contribution in [0.15, 0.2) is 30.5 Å². The Balaban J connectivity index is 2.10. The van der Waals surface area contributed by atoms with E-state index in [9.17, 15) is 0 Å². The van der Waals surface area contributed by atoms with Crippen molar-refractivity contribution < 1.29 is 9.84 Å². The average Bonchev–Trinajstić information content (AvgIpc) is 2.65. The summed E-state index contributed by atoms with van der Waals surface area (Å²) in [5, 5.41) is 9.78. The quantitative estimate of drug-likeness (QED) is 0.725. The molecule has 74 valence electrons. The zero-order valence-corrected chi connectivity index (χ0v) is 7.86. The first kappa shape index (κ1) is 9.09. The number of benzene rings is 1. The lowest BCUT2D eigenvalue weighted by molar-refractivity contribution is 0.234. The van der Waals surface area contributed by atoms with Gasteiger partial charge in [0.15, 0.2) is 0 Å². The number of hydrogen-bond acceptors (Lipinski definition) is 2. The van der Waals surface area contributed by atoms with Crippen molar-refractivity contribution in [3.63, 3.8) is 0 Å². The van der Waals surface area contributed by atoms with E-state index in [0.29, 0.717) is 13.0 Å². The number of H-pyrrole nitrogens is 1. The Bertz CT molecular complexity index is 408. The Hall–Kier alpha value is -1.48. The van der Waals surface area contributed by atoms with Crippen LogP contribution in [0, 0.1) is 0 Å². The van der Waals surface area contributed by atoms with Crippen LogP contribution in [-0.4, -0.2) is 23.3 Å². The maximum absolute atomic E-state index is 8.60. The summed E-state index contributed by atoms with van der Waals surface area (Å²) < 4.78 is 5.44. The number of aliphatic hydroxyl groups excluding tert-OH is 1. The number of fused-ring (bicyclic) bond motifs is 1. The fourth-order valence-electron chi connectivity index (χ4n) is 1.37. The molecule has 2 rings (SSSR count). The number of ether oxygens (including phenoxy) is 1. The van der Waals surface area contributed by atoms with Gasteiger partial charge in [0.2, 0.25) is 0 Å². The molecule has 0 saturated carbocycles. The molecular formula is C11H13NO2. The Morgan fingerprint density at radius 3 is 3.07 bits per heavy atom. The van der Waals surface area contributed by atoms with Crippen molar-refractivity contribution in [2.45, 2.75) is 6.42 Å². The van der Waals surface area contributed by atoms with Crippen molar-refractivity contribution in [3.8, 4) is 5.75 Å². The fraction of sp³-hybridized carbons (Fsp3) is 0.273. The summed E-state index contributed by atoms with van der Waals surface area (Å²) in [5.41, 5.74) is 1.08. The third kappa shape index (κ3) is 1.88. The molecule has 1 aromatic carbocycles. The molecule has 2 aromatic rings. The Morgan fingerprint density at radius 2 is 2.21 bits per heavy atom. The van der Waals surface area contributed by atoms with E-state index in [4.69, 9.17) is 9.84 Å². The number of rotatable bonds is 4. The van der Waals surface area contributed by atoms with Gasteiger partial charge in [0, 0.05) is 30.8 Å². The van der Waals surface area contributed by atoms with E-state index in [1.165, 1.54) is 5.39 Å². The molecule has 0 fully saturated rings. The Morgan fingerprint density at radius 1 is 1.29 bits per heavy atom. The van der Waals surface area contributed by atoms with Crippen LogP contribution in [0.1, 0.15) is 6.42 Å². The van der Waals surface area contributed by atoms with Crippen molar-refractivity contribution in [1.29, 1.82) is 0 Å². The highest BCUT2D eigenvalue weighted by molar-refractivity contribution is 5.80. The first-order valence-electron chi connectivity index (χ1n) is 4.71. The van der Waals surface area contributed by atoms with Gasteiger partial charge in [0.25, 0.3) is 0 Å². The van der Waals surface area contributed by atoms with Crippen LogP contribution in [0.3, 0.4) is 0 Å². The van der Waals surface area contributed by atoms with Gasteiger partial charge in [-0.1, -0.05) is 0 Å². The first-order chi connectivity index (χ1) is 6.90. The SMILES string of the molecule is OCCCOc1ccc2cc[nH]c2c1. The molecule has 0 aliphatic heterocycles. The molecule has 0 atom stereocenters. The van der Waals surface area contributed by atoms with Crippen LogP contribution < -0.4 is 4.74 Å². The van der Waals surface area contributed by atoms with Crippen molar-refractivity contribution in [1.82, 2.24) is 4.98 Å². The highest BCUT2D eigenvalue weighted by atomic mass is 16.5. The van der Waals surface area contributed by atoms with Crippen molar-refractivity contribution in [3.05, 3.63) is 30.5 Å². The number of aliphatic hydroxyl groups is 1. The second kappa shape index (κ2) is 4.15. The van der Waals surface area contributed by atoms with Gasteiger partial charge >= 0.3 is 0 Å². The fourth-order valence-corrected chi connectivity index (χ4v) is 1.37. The molecule has 0 aliphatic carbocycles. The van der Waals surface area contributed by atoms with Gasteiger partial charge < -0.3 is 14.8 Å². The lowest BCUT2D eigenvalue weighted by atomic mass is 10.2. The Labute approximate surface area is 82.3 Å². The molecule has 1 heterocycles. The molecular weight excluding hydrogens is 178 g/mol. The first-order valence-corrected chi connectivity index (χ1v) is 4.71. The largest absolute Gasteiger partial charge is 0.493 e.